The number of aliphatic carboxylic acids is 1. The van der Waals surface area contributed by atoms with E-state index in [0.29, 0.717) is 50.3 Å². The molecule has 0 saturated carbocycles. The van der Waals surface area contributed by atoms with Crippen LogP contribution in [-0.4, -0.2) is 60.2 Å². The first-order valence-corrected chi connectivity index (χ1v) is 13.9. The second-order valence-corrected chi connectivity index (χ2v) is 10.4. The first kappa shape index (κ1) is 27.8. The molecule has 10 heteroatoms. The van der Waals surface area contributed by atoms with Crippen molar-refractivity contribution in [2.24, 2.45) is 13.0 Å². The molecule has 2 N–H and O–H groups in total. The van der Waals surface area contributed by atoms with Gasteiger partial charge in [-0.15, -0.1) is 0 Å². The summed E-state index contributed by atoms with van der Waals surface area (Å²) in [7, 11) is 1.85. The number of rotatable bonds is 10. The molecule has 1 aliphatic rings. The lowest BCUT2D eigenvalue weighted by Crippen LogP contribution is -2.42. The molecule has 0 aliphatic carbocycles. The number of carbonyl (C=O) groups excluding carboxylic acids is 2. The summed E-state index contributed by atoms with van der Waals surface area (Å²) in [5, 5.41) is 16.5. The summed E-state index contributed by atoms with van der Waals surface area (Å²) in [5.41, 5.74) is 4.02. The summed E-state index contributed by atoms with van der Waals surface area (Å²) in [5.74, 6) is -1.14. The van der Waals surface area contributed by atoms with E-state index in [-0.39, 0.29) is 11.8 Å². The number of hydrogen-bond acceptors (Lipinski definition) is 5. The molecule has 1 unspecified atom stereocenters. The molecule has 0 radical (unpaired) electrons. The number of nitrogens with zero attached hydrogens (tertiary/aromatic N) is 5. The topological polar surface area (TPSA) is 122 Å². The minimum Gasteiger partial charge on any atom is -0.481 e. The highest BCUT2D eigenvalue weighted by Gasteiger charge is 2.27. The third kappa shape index (κ3) is 6.89. The number of imidazole rings is 1. The van der Waals surface area contributed by atoms with Crippen molar-refractivity contribution in [1.82, 2.24) is 24.2 Å². The standard InChI is InChI=1S/C31H34N6O4/c1-35-19-25(18-32-35)22-9-7-10-23(17-22)29(39)34-31-33-26(21-37(31)27-13-3-2-4-14-27)12-5-6-15-28(38)36-16-8-11-24(20-36)30(40)41/h2-4,7,9-10,13-14,17-19,21,24H,5-6,8,11-12,15-16,20H2,1H3,(H,40,41)(H,33,34,39). The zero-order valence-corrected chi connectivity index (χ0v) is 23.1. The number of hydrogen-bond donors (Lipinski definition) is 2. The average Bonchev–Trinajstić information content (AvgIpc) is 3.61. The number of likely N-dealkylation sites (tertiary alicyclic amines) is 1. The zero-order chi connectivity index (χ0) is 28.8. The third-order valence-electron chi connectivity index (χ3n) is 7.38. The Labute approximate surface area is 238 Å². The highest BCUT2D eigenvalue weighted by Crippen LogP contribution is 2.23. The van der Waals surface area contributed by atoms with Crippen molar-refractivity contribution in [3.8, 4) is 16.8 Å². The van der Waals surface area contributed by atoms with Gasteiger partial charge in [0.1, 0.15) is 0 Å². The number of nitrogens with one attached hydrogen (secondary N) is 1. The van der Waals surface area contributed by atoms with Crippen LogP contribution in [0, 0.1) is 5.92 Å². The number of carboxylic acid groups (broad SMARTS) is 1. The lowest BCUT2D eigenvalue weighted by Gasteiger charge is -2.30. The monoisotopic (exact) mass is 554 g/mol. The fraction of sp³-hybridized carbons (Fsp3) is 0.323. The van der Waals surface area contributed by atoms with Gasteiger partial charge in [0.05, 0.1) is 17.8 Å². The van der Waals surface area contributed by atoms with Crippen LogP contribution < -0.4 is 5.32 Å². The Morgan fingerprint density at radius 2 is 1.85 bits per heavy atom. The molecule has 2 aromatic heterocycles. The van der Waals surface area contributed by atoms with Crippen molar-refractivity contribution in [1.29, 1.82) is 0 Å². The first-order valence-electron chi connectivity index (χ1n) is 13.9. The molecule has 3 heterocycles. The van der Waals surface area contributed by atoms with Crippen molar-refractivity contribution in [3.05, 3.63) is 84.4 Å². The maximum absolute atomic E-state index is 13.3. The van der Waals surface area contributed by atoms with Crippen LogP contribution in [0.4, 0.5) is 5.95 Å². The summed E-state index contributed by atoms with van der Waals surface area (Å²) in [6.07, 6.45) is 9.37. The quantitative estimate of drug-likeness (QED) is 0.277. The summed E-state index contributed by atoms with van der Waals surface area (Å²) in [4.78, 5) is 43.7. The van der Waals surface area contributed by atoms with E-state index in [0.717, 1.165) is 35.3 Å². The highest BCUT2D eigenvalue weighted by atomic mass is 16.4. The first-order chi connectivity index (χ1) is 19.9. The molecular formula is C31H34N6O4. The van der Waals surface area contributed by atoms with Gasteiger partial charge in [-0.25, -0.2) is 4.98 Å². The van der Waals surface area contributed by atoms with Gasteiger partial charge < -0.3 is 10.0 Å². The maximum Gasteiger partial charge on any atom is 0.308 e. The van der Waals surface area contributed by atoms with Crippen molar-refractivity contribution in [3.63, 3.8) is 0 Å². The maximum atomic E-state index is 13.3. The molecule has 1 aliphatic heterocycles. The van der Waals surface area contributed by atoms with Crippen molar-refractivity contribution < 1.29 is 19.5 Å². The Morgan fingerprint density at radius 3 is 2.61 bits per heavy atom. The van der Waals surface area contributed by atoms with Crippen LogP contribution in [0.15, 0.2) is 73.2 Å². The summed E-state index contributed by atoms with van der Waals surface area (Å²) < 4.78 is 3.59. The van der Waals surface area contributed by atoms with Gasteiger partial charge in [-0.1, -0.05) is 30.3 Å². The Balaban J connectivity index is 1.24. The summed E-state index contributed by atoms with van der Waals surface area (Å²) >= 11 is 0. The molecule has 212 valence electrons. The number of para-hydroxylation sites is 1. The van der Waals surface area contributed by atoms with E-state index in [1.807, 2.05) is 72.5 Å². The molecule has 2 amide bonds. The van der Waals surface area contributed by atoms with Gasteiger partial charge in [0.2, 0.25) is 11.9 Å². The van der Waals surface area contributed by atoms with E-state index in [1.165, 1.54) is 0 Å². The number of carboxylic acids is 1. The third-order valence-corrected chi connectivity index (χ3v) is 7.38. The van der Waals surface area contributed by atoms with Crippen molar-refractivity contribution in [2.45, 2.75) is 38.5 Å². The molecule has 0 spiro atoms. The van der Waals surface area contributed by atoms with Crippen molar-refractivity contribution in [2.75, 3.05) is 18.4 Å². The van der Waals surface area contributed by atoms with Crippen LogP contribution >= 0.6 is 0 Å². The molecular weight excluding hydrogens is 520 g/mol. The minimum atomic E-state index is -0.833. The number of piperidine rings is 1. The van der Waals surface area contributed by atoms with E-state index < -0.39 is 11.9 Å². The van der Waals surface area contributed by atoms with Gasteiger partial charge in [-0.05, 0) is 61.9 Å². The molecule has 5 rings (SSSR count). The normalized spacial score (nSPS) is 15.0. The summed E-state index contributed by atoms with van der Waals surface area (Å²) in [6, 6.07) is 17.1. The number of amides is 2. The number of unbranched alkanes of at least 4 members (excludes halogenated alkanes) is 1. The fourth-order valence-corrected chi connectivity index (χ4v) is 5.15. The van der Waals surface area contributed by atoms with E-state index >= 15 is 0 Å². The van der Waals surface area contributed by atoms with Gasteiger partial charge in [0, 0.05) is 55.8 Å². The van der Waals surface area contributed by atoms with Gasteiger partial charge in [-0.2, -0.15) is 5.10 Å². The Morgan fingerprint density at radius 1 is 1.02 bits per heavy atom. The SMILES string of the molecule is Cn1cc(-c2cccc(C(=O)Nc3nc(CCCCC(=O)N4CCCC(C(=O)O)C4)cn3-c3ccccc3)c2)cn1. The molecule has 1 fully saturated rings. The zero-order valence-electron chi connectivity index (χ0n) is 23.1. The number of aromatic nitrogens is 4. The van der Waals surface area contributed by atoms with Crippen molar-refractivity contribution >= 4 is 23.7 Å². The van der Waals surface area contributed by atoms with E-state index in [9.17, 15) is 19.5 Å². The lowest BCUT2D eigenvalue weighted by molar-refractivity contribution is -0.145. The van der Waals surface area contributed by atoms with E-state index in [4.69, 9.17) is 4.98 Å². The average molecular weight is 555 g/mol. The molecule has 0 bridgehead atoms. The van der Waals surface area contributed by atoms with E-state index in [2.05, 4.69) is 10.4 Å². The summed E-state index contributed by atoms with van der Waals surface area (Å²) in [6.45, 7) is 0.919. The van der Waals surface area contributed by atoms with Gasteiger partial charge in [0.25, 0.3) is 5.91 Å². The second-order valence-electron chi connectivity index (χ2n) is 10.4. The lowest BCUT2D eigenvalue weighted by atomic mass is 9.98. The number of benzene rings is 2. The Kier molecular flexibility index (Phi) is 8.57. The van der Waals surface area contributed by atoms with Gasteiger partial charge in [0.15, 0.2) is 0 Å². The largest absolute Gasteiger partial charge is 0.481 e. The van der Waals surface area contributed by atoms with Gasteiger partial charge in [-0.3, -0.25) is 28.9 Å². The Bertz CT molecular complexity index is 1530. The van der Waals surface area contributed by atoms with Crippen LogP contribution in [0.5, 0.6) is 0 Å². The molecule has 1 saturated heterocycles. The number of carbonyl (C=O) groups is 3. The predicted molar refractivity (Wildman–Crippen MR) is 155 cm³/mol. The van der Waals surface area contributed by atoms with Crippen LogP contribution in [0.1, 0.15) is 48.2 Å². The van der Waals surface area contributed by atoms with Crippen LogP contribution in [0.3, 0.4) is 0 Å². The van der Waals surface area contributed by atoms with Gasteiger partial charge >= 0.3 is 5.97 Å². The van der Waals surface area contributed by atoms with E-state index in [1.54, 1.807) is 21.8 Å². The minimum absolute atomic E-state index is 0.00670. The molecule has 2 aromatic carbocycles. The number of anilines is 1. The van der Waals surface area contributed by atoms with Crippen LogP contribution in [-0.2, 0) is 23.1 Å². The molecule has 41 heavy (non-hydrogen) atoms. The molecule has 10 nitrogen and oxygen atoms in total. The number of aryl methyl sites for hydroxylation is 2. The second kappa shape index (κ2) is 12.6. The van der Waals surface area contributed by atoms with Crippen LogP contribution in [0.2, 0.25) is 0 Å². The molecule has 4 aromatic rings. The smallest absolute Gasteiger partial charge is 0.308 e. The highest BCUT2D eigenvalue weighted by molar-refractivity contribution is 6.04. The molecule has 1 atom stereocenters. The fourth-order valence-electron chi connectivity index (χ4n) is 5.15. The van der Waals surface area contributed by atoms with Crippen LogP contribution in [0.25, 0.3) is 16.8 Å². The predicted octanol–water partition coefficient (Wildman–Crippen LogP) is 4.56. The Hall–Kier alpha value is -4.73.